The van der Waals surface area contributed by atoms with Gasteiger partial charge in [-0.2, -0.15) is 20.2 Å². The molecule has 2 unspecified atom stereocenters. The van der Waals surface area contributed by atoms with E-state index in [9.17, 15) is 27.9 Å². The number of urea groups is 1. The molecule has 13 heteroatoms. The molecule has 2 aliphatic heterocycles. The average molecular weight is 726 g/mol. The molecule has 0 aromatic rings. The molecule has 0 bridgehead atoms. The van der Waals surface area contributed by atoms with Gasteiger partial charge in [0, 0.05) is 30.4 Å². The molecule has 0 aromatic carbocycles. The van der Waals surface area contributed by atoms with Crippen molar-refractivity contribution in [1.29, 1.82) is 0 Å². The quantitative estimate of drug-likeness (QED) is 0.0784. The Morgan fingerprint density at radius 1 is 1.04 bits per heavy atom. The molecule has 0 radical (unpaired) electrons. The number of hydrogen-bond donors (Lipinski definition) is 5. The molecule has 6 aliphatic rings. The lowest BCUT2D eigenvalue weighted by molar-refractivity contribution is -0.183. The summed E-state index contributed by atoms with van der Waals surface area (Å²) in [5.74, 6) is 2.55. The number of carbonyl (C=O) groups excluding carboxylic acids is 3. The first kappa shape index (κ1) is 37.2. The van der Waals surface area contributed by atoms with Crippen LogP contribution in [0.1, 0.15) is 111 Å². The SMILES string of the molecule is C[C@H](CCC(=O)NCCS(=O)(=O)O)[C@H]1CC[C@H]2[C@H]3C(CC[C@]12C)[C@@]1(C)CC[C@@H](OC(=O)CCCC[C@@H]2SC[C@@H]4NC(=O)N[C@@H]42)CC1C[C@@H]3O. The largest absolute Gasteiger partial charge is 0.462 e. The maximum Gasteiger partial charge on any atom is 0.315 e. The lowest BCUT2D eigenvalue weighted by Gasteiger charge is -2.62. The molecule has 4 aliphatic carbocycles. The third-order valence-electron chi connectivity index (χ3n) is 14.3. The van der Waals surface area contributed by atoms with Crippen molar-refractivity contribution < 1.29 is 37.2 Å². The Kier molecular flexibility index (Phi) is 11.2. The summed E-state index contributed by atoms with van der Waals surface area (Å²) in [6, 6.07) is 0.359. The van der Waals surface area contributed by atoms with Gasteiger partial charge in [-0.1, -0.05) is 27.2 Å². The van der Waals surface area contributed by atoms with Crippen LogP contribution in [-0.2, 0) is 24.4 Å². The van der Waals surface area contributed by atoms with Crippen LogP contribution < -0.4 is 16.0 Å². The van der Waals surface area contributed by atoms with Gasteiger partial charge in [0.25, 0.3) is 10.1 Å². The van der Waals surface area contributed by atoms with Gasteiger partial charge < -0.3 is 25.8 Å². The molecule has 0 spiro atoms. The fourth-order valence-corrected chi connectivity index (χ4v) is 13.6. The van der Waals surface area contributed by atoms with E-state index in [1.807, 2.05) is 11.8 Å². The average Bonchev–Trinajstić information content (AvgIpc) is 3.70. The van der Waals surface area contributed by atoms with E-state index in [2.05, 4.69) is 36.7 Å². The monoisotopic (exact) mass is 725 g/mol. The first-order valence-electron chi connectivity index (χ1n) is 19.0. The van der Waals surface area contributed by atoms with E-state index in [0.29, 0.717) is 47.7 Å². The summed E-state index contributed by atoms with van der Waals surface area (Å²) >= 11 is 1.91. The predicted octanol–water partition coefficient (Wildman–Crippen LogP) is 4.67. The highest BCUT2D eigenvalue weighted by molar-refractivity contribution is 8.00. The van der Waals surface area contributed by atoms with Gasteiger partial charge in [-0.05, 0) is 117 Å². The van der Waals surface area contributed by atoms with Crippen LogP contribution in [0.5, 0.6) is 0 Å². The Morgan fingerprint density at radius 2 is 1.80 bits per heavy atom. The Morgan fingerprint density at radius 3 is 2.57 bits per heavy atom. The summed E-state index contributed by atoms with van der Waals surface area (Å²) in [5, 5.41) is 20.8. The second-order valence-electron chi connectivity index (χ2n) is 16.9. The second-order valence-corrected chi connectivity index (χ2v) is 19.8. The minimum atomic E-state index is -4.09. The fourth-order valence-electron chi connectivity index (χ4n) is 11.7. The molecule has 13 atom stereocenters. The van der Waals surface area contributed by atoms with Crippen LogP contribution in [0.15, 0.2) is 0 Å². The van der Waals surface area contributed by atoms with Gasteiger partial charge in [0.15, 0.2) is 0 Å². The van der Waals surface area contributed by atoms with Gasteiger partial charge in [0.2, 0.25) is 5.91 Å². The van der Waals surface area contributed by atoms with Crippen LogP contribution in [0.2, 0.25) is 0 Å². The van der Waals surface area contributed by atoms with Gasteiger partial charge in [-0.25, -0.2) is 4.79 Å². The summed E-state index contributed by atoms with van der Waals surface area (Å²) in [5.41, 5.74) is 0.262. The Balaban J connectivity index is 0.964. The van der Waals surface area contributed by atoms with E-state index in [0.717, 1.165) is 82.8 Å². The van der Waals surface area contributed by atoms with Crippen molar-refractivity contribution in [2.45, 2.75) is 140 Å². The summed E-state index contributed by atoms with van der Waals surface area (Å²) in [6.45, 7) is 7.04. The number of fused-ring (bicyclic) bond motifs is 6. The van der Waals surface area contributed by atoms with E-state index < -0.39 is 15.9 Å². The number of hydrogen-bond acceptors (Lipinski definition) is 8. The van der Waals surface area contributed by atoms with Gasteiger partial charge in [-0.3, -0.25) is 14.1 Å². The van der Waals surface area contributed by atoms with Crippen molar-refractivity contribution in [1.82, 2.24) is 16.0 Å². The number of nitrogens with one attached hydrogen (secondary N) is 3. The zero-order valence-electron chi connectivity index (χ0n) is 29.5. The van der Waals surface area contributed by atoms with E-state index in [4.69, 9.17) is 9.29 Å². The van der Waals surface area contributed by atoms with E-state index in [1.54, 1.807) is 0 Å². The number of rotatable bonds is 13. The summed E-state index contributed by atoms with van der Waals surface area (Å²) in [6.07, 6.45) is 11.8. The number of unbranched alkanes of at least 4 members (excludes halogenated alkanes) is 1. The molecule has 11 nitrogen and oxygen atoms in total. The molecule has 5 N–H and O–H groups in total. The smallest absolute Gasteiger partial charge is 0.315 e. The lowest BCUT2D eigenvalue weighted by Crippen LogP contribution is -2.58. The van der Waals surface area contributed by atoms with Crippen molar-refractivity contribution in [2.75, 3.05) is 18.1 Å². The number of esters is 1. The molecule has 278 valence electrons. The summed E-state index contributed by atoms with van der Waals surface area (Å²) < 4.78 is 36.9. The van der Waals surface area contributed by atoms with Crippen molar-refractivity contribution in [3.05, 3.63) is 0 Å². The highest BCUT2D eigenvalue weighted by Crippen LogP contribution is 2.68. The van der Waals surface area contributed by atoms with Crippen LogP contribution in [0.4, 0.5) is 4.79 Å². The van der Waals surface area contributed by atoms with Crippen molar-refractivity contribution in [3.63, 3.8) is 0 Å². The summed E-state index contributed by atoms with van der Waals surface area (Å²) in [7, 11) is -4.09. The van der Waals surface area contributed by atoms with Crippen LogP contribution in [0.25, 0.3) is 0 Å². The molecule has 0 aromatic heterocycles. The van der Waals surface area contributed by atoms with Crippen molar-refractivity contribution in [2.24, 2.45) is 46.3 Å². The van der Waals surface area contributed by atoms with Gasteiger partial charge >= 0.3 is 12.0 Å². The first-order valence-corrected chi connectivity index (χ1v) is 21.6. The lowest BCUT2D eigenvalue weighted by atomic mass is 9.43. The Bertz CT molecular complexity index is 1350. The topological polar surface area (TPSA) is 171 Å². The minimum Gasteiger partial charge on any atom is -0.462 e. The number of ether oxygens (including phenoxy) is 1. The van der Waals surface area contributed by atoms with E-state index in [1.165, 1.54) is 0 Å². The molecule has 49 heavy (non-hydrogen) atoms. The molecule has 2 heterocycles. The number of thioether (sulfide) groups is 1. The molecule has 2 saturated heterocycles. The molecular formula is C36H59N3O8S2. The van der Waals surface area contributed by atoms with Gasteiger partial charge in [0.1, 0.15) is 6.10 Å². The predicted molar refractivity (Wildman–Crippen MR) is 188 cm³/mol. The molecular weight excluding hydrogens is 667 g/mol. The highest BCUT2D eigenvalue weighted by atomic mass is 32.2. The number of carbonyl (C=O) groups is 3. The van der Waals surface area contributed by atoms with E-state index >= 15 is 0 Å². The standard InChI is InChI=1S/C36H59N3O8S2/c1-21(8-11-30(41)37-16-17-49(44,45)46)24-9-10-25-32-26(13-15-36(24,25)3)35(2)14-12-23(18-22(35)19-28(32)40)47-31(42)7-5-4-6-29-33-27(20-48-29)38-34(43)39-33/h21-29,32-33,40H,4-20H2,1-3H3,(H,37,41)(H2,38,39,43)(H,44,45,46)/t21-,22?,23-,24-,25+,26?,27+,28+,29+,32+,33+,35+,36-/m1/s1. The third-order valence-corrected chi connectivity index (χ3v) is 16.5. The van der Waals surface area contributed by atoms with Crippen LogP contribution in [0.3, 0.4) is 0 Å². The number of aliphatic hydroxyl groups is 1. The second kappa shape index (κ2) is 14.8. The minimum absolute atomic E-state index is 0.0650. The molecule has 6 rings (SSSR count). The maximum atomic E-state index is 12.9. The highest BCUT2D eigenvalue weighted by Gasteiger charge is 2.63. The van der Waals surface area contributed by atoms with Crippen LogP contribution >= 0.6 is 11.8 Å². The van der Waals surface area contributed by atoms with Gasteiger partial charge in [-0.15, -0.1) is 0 Å². The maximum absolute atomic E-state index is 12.9. The normalized spacial score (nSPS) is 41.8. The molecule has 6 fully saturated rings. The van der Waals surface area contributed by atoms with Crippen molar-refractivity contribution >= 4 is 39.8 Å². The Hall–Kier alpha value is -1.57. The van der Waals surface area contributed by atoms with Crippen LogP contribution in [0, 0.1) is 46.3 Å². The number of aliphatic hydroxyl groups excluding tert-OH is 1. The van der Waals surface area contributed by atoms with Crippen LogP contribution in [-0.4, -0.2) is 83.6 Å². The zero-order valence-corrected chi connectivity index (χ0v) is 31.2. The molecule has 4 saturated carbocycles. The van der Waals surface area contributed by atoms with Crippen molar-refractivity contribution in [3.8, 4) is 0 Å². The Labute approximate surface area is 296 Å². The number of amides is 3. The zero-order chi connectivity index (χ0) is 35.1. The summed E-state index contributed by atoms with van der Waals surface area (Å²) in [4.78, 5) is 36.9. The third kappa shape index (κ3) is 7.94. The first-order chi connectivity index (χ1) is 23.2. The van der Waals surface area contributed by atoms with E-state index in [-0.39, 0.29) is 65.5 Å². The molecule has 3 amide bonds. The fraction of sp³-hybridized carbons (Fsp3) is 0.917. The van der Waals surface area contributed by atoms with Gasteiger partial charge in [0.05, 0.1) is 23.9 Å².